The minimum Gasteiger partial charge on any atom is -0.490 e. The fourth-order valence-corrected chi connectivity index (χ4v) is 2.43. The molecule has 0 atom stereocenters. The predicted octanol–water partition coefficient (Wildman–Crippen LogP) is 3.72. The maximum atomic E-state index is 6.18. The monoisotopic (exact) mass is 326 g/mol. The SMILES string of the molecule is Cl.Cl.c1ccc(-c2ccncc2)c(OC2CCNCC2)c1. The molecule has 0 bridgehead atoms. The molecule has 1 fully saturated rings. The average Bonchev–Trinajstić information content (AvgIpc) is 2.50. The van der Waals surface area contributed by atoms with Crippen LogP contribution in [0, 0.1) is 0 Å². The minimum atomic E-state index is 0. The smallest absolute Gasteiger partial charge is 0.127 e. The molecule has 0 unspecified atom stereocenters. The zero-order valence-electron chi connectivity index (χ0n) is 11.7. The maximum Gasteiger partial charge on any atom is 0.127 e. The molecule has 0 aliphatic carbocycles. The summed E-state index contributed by atoms with van der Waals surface area (Å²) in [6, 6.07) is 12.3. The summed E-state index contributed by atoms with van der Waals surface area (Å²) in [5.41, 5.74) is 2.29. The Morgan fingerprint density at radius 2 is 1.62 bits per heavy atom. The first-order chi connectivity index (χ1) is 9.43. The van der Waals surface area contributed by atoms with Gasteiger partial charge in [0, 0.05) is 18.0 Å². The van der Waals surface area contributed by atoms with Crippen molar-refractivity contribution in [2.24, 2.45) is 0 Å². The second kappa shape index (κ2) is 8.88. The number of halogens is 2. The van der Waals surface area contributed by atoms with Crippen LogP contribution < -0.4 is 10.1 Å². The van der Waals surface area contributed by atoms with Crippen LogP contribution in [0.3, 0.4) is 0 Å². The lowest BCUT2D eigenvalue weighted by Gasteiger charge is -2.25. The van der Waals surface area contributed by atoms with Gasteiger partial charge in [-0.05, 0) is 49.7 Å². The van der Waals surface area contributed by atoms with E-state index in [9.17, 15) is 0 Å². The first kappa shape index (κ1) is 17.8. The van der Waals surface area contributed by atoms with E-state index in [-0.39, 0.29) is 24.8 Å². The summed E-state index contributed by atoms with van der Waals surface area (Å²) in [6.07, 6.45) is 6.10. The highest BCUT2D eigenvalue weighted by Gasteiger charge is 2.16. The van der Waals surface area contributed by atoms with Crippen LogP contribution in [0.15, 0.2) is 48.8 Å². The zero-order valence-corrected chi connectivity index (χ0v) is 13.3. The average molecular weight is 327 g/mol. The van der Waals surface area contributed by atoms with Crippen molar-refractivity contribution in [2.45, 2.75) is 18.9 Å². The number of nitrogens with one attached hydrogen (secondary N) is 1. The second-order valence-corrected chi connectivity index (χ2v) is 4.80. The summed E-state index contributed by atoms with van der Waals surface area (Å²) < 4.78 is 6.18. The molecule has 5 heteroatoms. The molecule has 0 radical (unpaired) electrons. The molecular weight excluding hydrogens is 307 g/mol. The number of pyridine rings is 1. The Morgan fingerprint density at radius 1 is 0.952 bits per heavy atom. The number of nitrogens with zero attached hydrogens (tertiary/aromatic N) is 1. The lowest BCUT2D eigenvalue weighted by Crippen LogP contribution is -2.34. The van der Waals surface area contributed by atoms with Crippen LogP contribution in [0.4, 0.5) is 0 Å². The van der Waals surface area contributed by atoms with Crippen molar-refractivity contribution in [3.05, 3.63) is 48.8 Å². The van der Waals surface area contributed by atoms with Crippen molar-refractivity contribution in [1.82, 2.24) is 10.3 Å². The minimum absolute atomic E-state index is 0. The summed E-state index contributed by atoms with van der Waals surface area (Å²) in [6.45, 7) is 2.09. The molecule has 3 rings (SSSR count). The van der Waals surface area contributed by atoms with Gasteiger partial charge in [-0.3, -0.25) is 4.98 Å². The van der Waals surface area contributed by atoms with Gasteiger partial charge in [0.1, 0.15) is 11.9 Å². The van der Waals surface area contributed by atoms with Crippen molar-refractivity contribution in [3.63, 3.8) is 0 Å². The fraction of sp³-hybridized carbons (Fsp3) is 0.312. The largest absolute Gasteiger partial charge is 0.490 e. The Kier molecular flexibility index (Phi) is 7.51. The third-order valence-electron chi connectivity index (χ3n) is 3.46. The topological polar surface area (TPSA) is 34.1 Å². The summed E-state index contributed by atoms with van der Waals surface area (Å²) in [5.74, 6) is 0.973. The van der Waals surface area contributed by atoms with Crippen LogP contribution in [-0.4, -0.2) is 24.2 Å². The number of piperidine rings is 1. The molecule has 2 heterocycles. The fourth-order valence-electron chi connectivity index (χ4n) is 2.43. The molecule has 114 valence electrons. The molecule has 1 aliphatic rings. The van der Waals surface area contributed by atoms with E-state index in [1.807, 2.05) is 36.7 Å². The van der Waals surface area contributed by atoms with Gasteiger partial charge in [-0.25, -0.2) is 0 Å². The second-order valence-electron chi connectivity index (χ2n) is 4.80. The van der Waals surface area contributed by atoms with Gasteiger partial charge >= 0.3 is 0 Å². The van der Waals surface area contributed by atoms with Crippen LogP contribution in [0.25, 0.3) is 11.1 Å². The van der Waals surface area contributed by atoms with Gasteiger partial charge in [-0.15, -0.1) is 24.8 Å². The Bertz CT molecular complexity index is 531. The number of ether oxygens (including phenoxy) is 1. The molecule has 1 saturated heterocycles. The van der Waals surface area contributed by atoms with Gasteiger partial charge in [-0.2, -0.15) is 0 Å². The molecule has 1 N–H and O–H groups in total. The highest BCUT2D eigenvalue weighted by Crippen LogP contribution is 2.30. The van der Waals surface area contributed by atoms with Crippen molar-refractivity contribution >= 4 is 24.8 Å². The first-order valence-corrected chi connectivity index (χ1v) is 6.80. The molecule has 0 amide bonds. The Labute approximate surface area is 137 Å². The number of aromatic nitrogens is 1. The lowest BCUT2D eigenvalue weighted by molar-refractivity contribution is 0.163. The highest BCUT2D eigenvalue weighted by atomic mass is 35.5. The summed E-state index contributed by atoms with van der Waals surface area (Å²) in [7, 11) is 0. The normalized spacial score (nSPS) is 14.7. The number of hydrogen-bond acceptors (Lipinski definition) is 3. The molecule has 21 heavy (non-hydrogen) atoms. The van der Waals surface area contributed by atoms with Crippen molar-refractivity contribution in [2.75, 3.05) is 13.1 Å². The lowest BCUT2D eigenvalue weighted by atomic mass is 10.1. The summed E-state index contributed by atoms with van der Waals surface area (Å²) >= 11 is 0. The van der Waals surface area contributed by atoms with Gasteiger partial charge in [0.25, 0.3) is 0 Å². The molecule has 2 aromatic rings. The van der Waals surface area contributed by atoms with E-state index in [1.54, 1.807) is 0 Å². The molecule has 1 aliphatic heterocycles. The van der Waals surface area contributed by atoms with Gasteiger partial charge in [0.05, 0.1) is 0 Å². The quantitative estimate of drug-likeness (QED) is 0.933. The van der Waals surface area contributed by atoms with Crippen molar-refractivity contribution in [3.8, 4) is 16.9 Å². The third kappa shape index (κ3) is 4.60. The van der Waals surface area contributed by atoms with Crippen LogP contribution in [0.5, 0.6) is 5.75 Å². The number of benzene rings is 1. The first-order valence-electron chi connectivity index (χ1n) is 6.80. The van der Waals surface area contributed by atoms with E-state index in [4.69, 9.17) is 4.74 Å². The van der Waals surface area contributed by atoms with Gasteiger partial charge < -0.3 is 10.1 Å². The van der Waals surface area contributed by atoms with Crippen LogP contribution in [0.1, 0.15) is 12.8 Å². The zero-order chi connectivity index (χ0) is 12.9. The molecule has 0 saturated carbocycles. The van der Waals surface area contributed by atoms with Gasteiger partial charge in [0.2, 0.25) is 0 Å². The predicted molar refractivity (Wildman–Crippen MR) is 90.7 cm³/mol. The Morgan fingerprint density at radius 3 is 2.33 bits per heavy atom. The van der Waals surface area contributed by atoms with Crippen LogP contribution in [-0.2, 0) is 0 Å². The van der Waals surface area contributed by atoms with E-state index in [0.717, 1.165) is 42.8 Å². The molecular formula is C16H20Cl2N2O. The van der Waals surface area contributed by atoms with Crippen LogP contribution in [0.2, 0.25) is 0 Å². The summed E-state index contributed by atoms with van der Waals surface area (Å²) in [5, 5.41) is 3.36. The van der Waals surface area contributed by atoms with E-state index in [2.05, 4.69) is 22.4 Å². The Balaban J connectivity index is 0.00000110. The number of para-hydroxylation sites is 1. The molecule has 1 aromatic carbocycles. The van der Waals surface area contributed by atoms with Crippen molar-refractivity contribution < 1.29 is 4.74 Å². The van der Waals surface area contributed by atoms with E-state index >= 15 is 0 Å². The third-order valence-corrected chi connectivity index (χ3v) is 3.46. The van der Waals surface area contributed by atoms with E-state index in [0.29, 0.717) is 6.10 Å². The van der Waals surface area contributed by atoms with Gasteiger partial charge in [0.15, 0.2) is 0 Å². The van der Waals surface area contributed by atoms with Crippen molar-refractivity contribution in [1.29, 1.82) is 0 Å². The van der Waals surface area contributed by atoms with E-state index in [1.165, 1.54) is 0 Å². The van der Waals surface area contributed by atoms with Gasteiger partial charge in [-0.1, -0.05) is 18.2 Å². The highest BCUT2D eigenvalue weighted by molar-refractivity contribution is 5.85. The number of rotatable bonds is 3. The van der Waals surface area contributed by atoms with Crippen LogP contribution >= 0.6 is 24.8 Å². The molecule has 3 nitrogen and oxygen atoms in total. The summed E-state index contributed by atoms with van der Waals surface area (Å²) in [4.78, 5) is 4.07. The Hall–Kier alpha value is -1.29. The standard InChI is InChI=1S/C16H18N2O.2ClH/c1-2-4-16(19-14-7-11-18-12-8-14)15(3-1)13-5-9-17-10-6-13;;/h1-6,9-10,14,18H,7-8,11-12H2;2*1H. The molecule has 0 spiro atoms. The molecule has 1 aromatic heterocycles. The maximum absolute atomic E-state index is 6.18. The number of hydrogen-bond donors (Lipinski definition) is 1. The van der Waals surface area contributed by atoms with E-state index < -0.39 is 0 Å².